The zero-order valence-corrected chi connectivity index (χ0v) is 12.1. The fourth-order valence-corrected chi connectivity index (χ4v) is 2.57. The topological polar surface area (TPSA) is 34.4 Å². The normalized spacial score (nSPS) is 10.9. The molecule has 0 fully saturated rings. The summed E-state index contributed by atoms with van der Waals surface area (Å²) in [4.78, 5) is 0. The van der Waals surface area contributed by atoms with E-state index in [1.165, 1.54) is 16.3 Å². The molecule has 0 saturated carbocycles. The van der Waals surface area contributed by atoms with Crippen molar-refractivity contribution in [1.82, 2.24) is 5.32 Å². The van der Waals surface area contributed by atoms with Gasteiger partial charge in [-0.15, -0.1) is 0 Å². The number of ether oxygens (including phenoxy) is 1. The van der Waals surface area contributed by atoms with Gasteiger partial charge in [0, 0.05) is 25.1 Å². The number of fused-ring (bicyclic) bond motifs is 1. The van der Waals surface area contributed by atoms with Crippen LogP contribution in [0, 0.1) is 0 Å². The highest BCUT2D eigenvalue weighted by Crippen LogP contribution is 2.27. The molecule has 1 heterocycles. The van der Waals surface area contributed by atoms with Crippen LogP contribution in [-0.2, 0) is 13.0 Å². The van der Waals surface area contributed by atoms with Crippen LogP contribution >= 0.6 is 0 Å². The molecule has 0 aliphatic carbocycles. The minimum atomic E-state index is 0.783. The van der Waals surface area contributed by atoms with Crippen LogP contribution in [0.2, 0.25) is 0 Å². The van der Waals surface area contributed by atoms with Gasteiger partial charge in [0.1, 0.15) is 11.5 Å². The second-order valence-corrected chi connectivity index (χ2v) is 4.97. The van der Waals surface area contributed by atoms with E-state index in [1.54, 1.807) is 13.4 Å². The number of furan rings is 1. The molecule has 2 aromatic carbocycles. The SMILES string of the molecule is COc1ccc2ccccc2c1CNCCc1ccco1. The van der Waals surface area contributed by atoms with Crippen molar-refractivity contribution < 1.29 is 9.15 Å². The van der Waals surface area contributed by atoms with Crippen molar-refractivity contribution in [3.8, 4) is 5.75 Å². The molecule has 3 aromatic rings. The zero-order chi connectivity index (χ0) is 14.5. The second-order valence-electron chi connectivity index (χ2n) is 4.97. The van der Waals surface area contributed by atoms with Crippen molar-refractivity contribution in [3.63, 3.8) is 0 Å². The Hall–Kier alpha value is -2.26. The highest BCUT2D eigenvalue weighted by molar-refractivity contribution is 5.87. The molecule has 21 heavy (non-hydrogen) atoms. The van der Waals surface area contributed by atoms with Crippen molar-refractivity contribution >= 4 is 10.8 Å². The number of methoxy groups -OCH3 is 1. The number of benzene rings is 2. The van der Waals surface area contributed by atoms with Crippen molar-refractivity contribution in [3.05, 3.63) is 66.1 Å². The third-order valence-corrected chi connectivity index (χ3v) is 3.65. The maximum absolute atomic E-state index is 5.50. The Balaban J connectivity index is 1.72. The van der Waals surface area contributed by atoms with Crippen LogP contribution in [0.15, 0.2) is 59.2 Å². The molecule has 0 bridgehead atoms. The van der Waals surface area contributed by atoms with E-state index in [0.29, 0.717) is 0 Å². The Labute approximate surface area is 124 Å². The van der Waals surface area contributed by atoms with Crippen molar-refractivity contribution in [2.45, 2.75) is 13.0 Å². The number of hydrogen-bond donors (Lipinski definition) is 1. The molecule has 1 N–H and O–H groups in total. The fourth-order valence-electron chi connectivity index (χ4n) is 2.57. The van der Waals surface area contributed by atoms with Crippen LogP contribution in [0.5, 0.6) is 5.75 Å². The number of nitrogens with one attached hydrogen (secondary N) is 1. The van der Waals surface area contributed by atoms with Crippen molar-refractivity contribution in [2.24, 2.45) is 0 Å². The molecule has 0 aliphatic rings. The standard InChI is InChI=1S/C18H19NO2/c1-20-18-9-8-14-5-2-3-7-16(14)17(18)13-19-11-10-15-6-4-12-21-15/h2-9,12,19H,10-11,13H2,1H3. The van der Waals surface area contributed by atoms with E-state index < -0.39 is 0 Å². The molecule has 108 valence electrons. The summed E-state index contributed by atoms with van der Waals surface area (Å²) in [6.45, 7) is 1.66. The second kappa shape index (κ2) is 6.46. The van der Waals surface area contributed by atoms with Crippen LogP contribution in [0.4, 0.5) is 0 Å². The summed E-state index contributed by atoms with van der Waals surface area (Å²) in [6.07, 6.45) is 2.60. The molecule has 0 aliphatic heterocycles. The Morgan fingerprint density at radius 1 is 1.05 bits per heavy atom. The lowest BCUT2D eigenvalue weighted by molar-refractivity contribution is 0.408. The van der Waals surface area contributed by atoms with Gasteiger partial charge in [0.05, 0.1) is 13.4 Å². The van der Waals surface area contributed by atoms with E-state index >= 15 is 0 Å². The van der Waals surface area contributed by atoms with E-state index in [0.717, 1.165) is 31.0 Å². The summed E-state index contributed by atoms with van der Waals surface area (Å²) >= 11 is 0. The third-order valence-electron chi connectivity index (χ3n) is 3.65. The van der Waals surface area contributed by atoms with Crippen LogP contribution in [0.1, 0.15) is 11.3 Å². The molecule has 0 atom stereocenters. The highest BCUT2D eigenvalue weighted by Gasteiger charge is 2.07. The molecule has 3 rings (SSSR count). The van der Waals surface area contributed by atoms with Gasteiger partial charge >= 0.3 is 0 Å². The molecule has 0 amide bonds. The quantitative estimate of drug-likeness (QED) is 0.698. The van der Waals surface area contributed by atoms with E-state index in [1.807, 2.05) is 18.2 Å². The summed E-state index contributed by atoms with van der Waals surface area (Å²) in [7, 11) is 1.72. The van der Waals surface area contributed by atoms with Gasteiger partial charge in [0.25, 0.3) is 0 Å². The largest absolute Gasteiger partial charge is 0.496 e. The number of rotatable bonds is 6. The summed E-state index contributed by atoms with van der Waals surface area (Å²) in [5.41, 5.74) is 1.20. The average molecular weight is 281 g/mol. The van der Waals surface area contributed by atoms with Crippen molar-refractivity contribution in [2.75, 3.05) is 13.7 Å². The monoisotopic (exact) mass is 281 g/mol. The van der Waals surface area contributed by atoms with Crippen LogP contribution in [0.3, 0.4) is 0 Å². The molecule has 0 unspecified atom stereocenters. The average Bonchev–Trinajstić information content (AvgIpc) is 3.04. The lowest BCUT2D eigenvalue weighted by atomic mass is 10.0. The predicted molar refractivity (Wildman–Crippen MR) is 84.6 cm³/mol. The highest BCUT2D eigenvalue weighted by atomic mass is 16.5. The molecule has 0 radical (unpaired) electrons. The summed E-state index contributed by atoms with van der Waals surface area (Å²) in [5.74, 6) is 1.94. The van der Waals surface area contributed by atoms with Gasteiger partial charge in [-0.1, -0.05) is 30.3 Å². The minimum Gasteiger partial charge on any atom is -0.496 e. The maximum atomic E-state index is 5.50. The molecule has 3 heteroatoms. The molecular formula is C18H19NO2. The van der Waals surface area contributed by atoms with Gasteiger partial charge in [-0.05, 0) is 29.0 Å². The molecular weight excluding hydrogens is 262 g/mol. The number of hydrogen-bond acceptors (Lipinski definition) is 3. The minimum absolute atomic E-state index is 0.783. The Morgan fingerprint density at radius 2 is 1.95 bits per heavy atom. The van der Waals surface area contributed by atoms with Crippen molar-refractivity contribution in [1.29, 1.82) is 0 Å². The van der Waals surface area contributed by atoms with E-state index in [2.05, 4.69) is 35.6 Å². The predicted octanol–water partition coefficient (Wildman–Crippen LogP) is 3.77. The van der Waals surface area contributed by atoms with E-state index in [-0.39, 0.29) is 0 Å². The lowest BCUT2D eigenvalue weighted by Gasteiger charge is -2.12. The Morgan fingerprint density at radius 3 is 2.76 bits per heavy atom. The van der Waals surface area contributed by atoms with E-state index in [9.17, 15) is 0 Å². The smallest absolute Gasteiger partial charge is 0.123 e. The Kier molecular flexibility index (Phi) is 4.22. The van der Waals surface area contributed by atoms with Crippen LogP contribution < -0.4 is 10.1 Å². The van der Waals surface area contributed by atoms with Gasteiger partial charge in [0.15, 0.2) is 0 Å². The van der Waals surface area contributed by atoms with Gasteiger partial charge in [-0.3, -0.25) is 0 Å². The van der Waals surface area contributed by atoms with Gasteiger partial charge in [-0.2, -0.15) is 0 Å². The zero-order valence-electron chi connectivity index (χ0n) is 12.1. The first-order chi connectivity index (χ1) is 10.4. The van der Waals surface area contributed by atoms with Crippen LogP contribution in [0.25, 0.3) is 10.8 Å². The van der Waals surface area contributed by atoms with Gasteiger partial charge in [0.2, 0.25) is 0 Å². The molecule has 1 aromatic heterocycles. The fraction of sp³-hybridized carbons (Fsp3) is 0.222. The summed E-state index contributed by atoms with van der Waals surface area (Å²) in [5, 5.41) is 5.94. The van der Waals surface area contributed by atoms with Crippen LogP contribution in [-0.4, -0.2) is 13.7 Å². The third kappa shape index (κ3) is 3.09. The molecule has 0 saturated heterocycles. The lowest BCUT2D eigenvalue weighted by Crippen LogP contribution is -2.17. The summed E-state index contributed by atoms with van der Waals surface area (Å²) in [6, 6.07) is 16.4. The summed E-state index contributed by atoms with van der Waals surface area (Å²) < 4.78 is 10.8. The van der Waals surface area contributed by atoms with Gasteiger partial charge < -0.3 is 14.5 Å². The first-order valence-electron chi connectivity index (χ1n) is 7.16. The maximum Gasteiger partial charge on any atom is 0.123 e. The Bertz CT molecular complexity index is 704. The van der Waals surface area contributed by atoms with E-state index in [4.69, 9.17) is 9.15 Å². The first-order valence-corrected chi connectivity index (χ1v) is 7.16. The van der Waals surface area contributed by atoms with Gasteiger partial charge in [-0.25, -0.2) is 0 Å². The first kappa shape index (κ1) is 13.7. The molecule has 3 nitrogen and oxygen atoms in total. The molecule has 0 spiro atoms.